The fourth-order valence-electron chi connectivity index (χ4n) is 1.79. The smallest absolute Gasteiger partial charge is 0.138 e. The number of nitrogens with zero attached hydrogens (tertiary/aromatic N) is 1. The Morgan fingerprint density at radius 2 is 2.00 bits per heavy atom. The van der Waals surface area contributed by atoms with Gasteiger partial charge < -0.3 is 4.98 Å². The largest absolute Gasteiger partial charge is 0.353 e. The molecule has 15 heavy (non-hydrogen) atoms. The zero-order valence-corrected chi connectivity index (χ0v) is 9.10. The van der Waals surface area contributed by atoms with Crippen LogP contribution in [0.15, 0.2) is 30.5 Å². The molecule has 2 nitrogen and oxygen atoms in total. The minimum Gasteiger partial charge on any atom is -0.353 e. The van der Waals surface area contributed by atoms with E-state index in [1.165, 1.54) is 0 Å². The Morgan fingerprint density at radius 3 is 2.87 bits per heavy atom. The molecule has 0 atom stereocenters. The van der Waals surface area contributed by atoms with Crippen molar-refractivity contribution < 1.29 is 0 Å². The van der Waals surface area contributed by atoms with Crippen LogP contribution in [0.3, 0.4) is 0 Å². The summed E-state index contributed by atoms with van der Waals surface area (Å²) in [6.07, 6.45) is 1.67. The van der Waals surface area contributed by atoms with Gasteiger partial charge in [0.1, 0.15) is 5.15 Å². The third-order valence-corrected chi connectivity index (χ3v) is 3.05. The van der Waals surface area contributed by atoms with Crippen molar-refractivity contribution >= 4 is 45.0 Å². The third kappa shape index (κ3) is 1.22. The molecule has 0 bridgehead atoms. The van der Waals surface area contributed by atoms with Gasteiger partial charge in [-0.3, -0.25) is 0 Å². The Morgan fingerprint density at radius 1 is 1.13 bits per heavy atom. The summed E-state index contributed by atoms with van der Waals surface area (Å²) in [4.78, 5) is 7.29. The molecular weight excluding hydrogens is 231 g/mol. The molecule has 1 aromatic carbocycles. The molecular formula is C11H6Cl2N2. The summed E-state index contributed by atoms with van der Waals surface area (Å²) >= 11 is 12.1. The maximum atomic E-state index is 6.09. The zero-order valence-electron chi connectivity index (χ0n) is 7.59. The van der Waals surface area contributed by atoms with Gasteiger partial charge in [0.2, 0.25) is 0 Å². The van der Waals surface area contributed by atoms with Gasteiger partial charge >= 0.3 is 0 Å². The Kier molecular flexibility index (Phi) is 1.87. The Labute approximate surface area is 95.8 Å². The van der Waals surface area contributed by atoms with Gasteiger partial charge in [-0.2, -0.15) is 0 Å². The number of nitrogens with one attached hydrogen (secondary N) is 1. The van der Waals surface area contributed by atoms with Crippen LogP contribution in [-0.4, -0.2) is 9.97 Å². The molecule has 0 fully saturated rings. The van der Waals surface area contributed by atoms with Crippen molar-refractivity contribution in [3.05, 3.63) is 40.6 Å². The second-order valence-electron chi connectivity index (χ2n) is 3.31. The quantitative estimate of drug-likeness (QED) is 0.587. The highest BCUT2D eigenvalue weighted by atomic mass is 35.5. The molecule has 0 aliphatic heterocycles. The van der Waals surface area contributed by atoms with Gasteiger partial charge in [-0.25, -0.2) is 4.98 Å². The molecule has 0 unspecified atom stereocenters. The molecule has 0 spiro atoms. The first kappa shape index (κ1) is 9.01. The minimum absolute atomic E-state index is 0.501. The first-order chi connectivity index (χ1) is 7.27. The average molecular weight is 237 g/mol. The van der Waals surface area contributed by atoms with Gasteiger partial charge in [0.15, 0.2) is 0 Å². The lowest BCUT2D eigenvalue weighted by Crippen LogP contribution is -1.74. The van der Waals surface area contributed by atoms with E-state index in [0.29, 0.717) is 10.2 Å². The van der Waals surface area contributed by atoms with Crippen LogP contribution >= 0.6 is 23.2 Å². The Bertz CT molecular complexity index is 658. The third-order valence-electron chi connectivity index (χ3n) is 2.45. The number of halogens is 2. The predicted molar refractivity (Wildman–Crippen MR) is 63.6 cm³/mol. The molecule has 0 aliphatic carbocycles. The summed E-state index contributed by atoms with van der Waals surface area (Å²) in [7, 11) is 0. The van der Waals surface area contributed by atoms with Crippen molar-refractivity contribution in [3.8, 4) is 0 Å². The topological polar surface area (TPSA) is 28.7 Å². The Hall–Kier alpha value is -1.25. The maximum Gasteiger partial charge on any atom is 0.138 e. The molecule has 0 saturated heterocycles. The van der Waals surface area contributed by atoms with E-state index in [9.17, 15) is 0 Å². The lowest BCUT2D eigenvalue weighted by atomic mass is 10.2. The summed E-state index contributed by atoms with van der Waals surface area (Å²) in [6, 6.07) is 7.62. The zero-order chi connectivity index (χ0) is 10.4. The number of para-hydroxylation sites is 1. The molecule has 3 aromatic rings. The van der Waals surface area contributed by atoms with Crippen molar-refractivity contribution in [2.75, 3.05) is 0 Å². The van der Waals surface area contributed by atoms with E-state index >= 15 is 0 Å². The van der Waals surface area contributed by atoms with Crippen molar-refractivity contribution in [2.45, 2.75) is 0 Å². The highest BCUT2D eigenvalue weighted by Gasteiger charge is 2.09. The van der Waals surface area contributed by atoms with Crippen LogP contribution in [0, 0.1) is 0 Å². The minimum atomic E-state index is 0.501. The van der Waals surface area contributed by atoms with Crippen LogP contribution in [0.5, 0.6) is 0 Å². The van der Waals surface area contributed by atoms with Gasteiger partial charge in [-0.1, -0.05) is 35.3 Å². The summed E-state index contributed by atoms with van der Waals surface area (Å²) < 4.78 is 0. The maximum absolute atomic E-state index is 6.09. The molecule has 4 heteroatoms. The molecule has 0 aliphatic rings. The number of H-pyrrole nitrogens is 1. The van der Waals surface area contributed by atoms with Crippen molar-refractivity contribution in [1.82, 2.24) is 9.97 Å². The molecule has 74 valence electrons. The number of benzene rings is 1. The molecule has 0 amide bonds. The fourth-order valence-corrected chi connectivity index (χ4v) is 2.27. The summed E-state index contributed by atoms with van der Waals surface area (Å²) in [6.45, 7) is 0. The normalized spacial score (nSPS) is 11.3. The molecule has 0 radical (unpaired) electrons. The van der Waals surface area contributed by atoms with E-state index in [1.54, 1.807) is 6.20 Å². The predicted octanol–water partition coefficient (Wildman–Crippen LogP) is 4.02. The highest BCUT2D eigenvalue weighted by Crippen LogP contribution is 2.32. The van der Waals surface area contributed by atoms with Crippen molar-refractivity contribution in [2.24, 2.45) is 0 Å². The van der Waals surface area contributed by atoms with E-state index in [2.05, 4.69) is 9.97 Å². The molecule has 2 aromatic heterocycles. The highest BCUT2D eigenvalue weighted by molar-refractivity contribution is 6.39. The number of pyridine rings is 1. The molecule has 0 saturated carbocycles. The van der Waals surface area contributed by atoms with Gasteiger partial charge in [0.25, 0.3) is 0 Å². The second-order valence-corrected chi connectivity index (χ2v) is 4.08. The van der Waals surface area contributed by atoms with Gasteiger partial charge in [-0.15, -0.1) is 0 Å². The number of aromatic nitrogens is 2. The molecule has 1 N–H and O–H groups in total. The van der Waals surface area contributed by atoms with E-state index in [0.717, 1.165) is 21.8 Å². The average Bonchev–Trinajstić information content (AvgIpc) is 2.59. The van der Waals surface area contributed by atoms with Gasteiger partial charge in [0, 0.05) is 17.0 Å². The van der Waals surface area contributed by atoms with Gasteiger partial charge in [0.05, 0.1) is 16.1 Å². The summed E-state index contributed by atoms with van der Waals surface area (Å²) in [5.41, 5.74) is 1.86. The number of hydrogen-bond acceptors (Lipinski definition) is 1. The Balaban J connectivity index is 2.65. The number of hydrogen-bond donors (Lipinski definition) is 1. The summed E-state index contributed by atoms with van der Waals surface area (Å²) in [5, 5.41) is 3.13. The van der Waals surface area contributed by atoms with Crippen LogP contribution in [0.1, 0.15) is 0 Å². The molecule has 2 heterocycles. The van der Waals surface area contributed by atoms with E-state index in [1.807, 2.05) is 24.3 Å². The lowest BCUT2D eigenvalue weighted by Gasteiger charge is -1.93. The van der Waals surface area contributed by atoms with Crippen LogP contribution in [0.25, 0.3) is 21.8 Å². The number of fused-ring (bicyclic) bond motifs is 3. The van der Waals surface area contributed by atoms with E-state index < -0.39 is 0 Å². The fraction of sp³-hybridized carbons (Fsp3) is 0. The first-order valence-electron chi connectivity index (χ1n) is 4.48. The number of rotatable bonds is 0. The molecule has 3 rings (SSSR count). The van der Waals surface area contributed by atoms with Crippen molar-refractivity contribution in [1.29, 1.82) is 0 Å². The van der Waals surface area contributed by atoms with Crippen LogP contribution in [0.2, 0.25) is 10.2 Å². The van der Waals surface area contributed by atoms with E-state index in [-0.39, 0.29) is 0 Å². The standard InChI is InChI=1S/C11H6Cl2N2/c12-7-3-1-2-6-9-8(15-10(6)7)4-5-14-11(9)13/h1-5,15H. The number of aromatic amines is 1. The van der Waals surface area contributed by atoms with Crippen LogP contribution in [0.4, 0.5) is 0 Å². The van der Waals surface area contributed by atoms with Crippen LogP contribution < -0.4 is 0 Å². The lowest BCUT2D eigenvalue weighted by molar-refractivity contribution is 1.36. The monoisotopic (exact) mass is 236 g/mol. The SMILES string of the molecule is Clc1cccc2c1[nH]c1ccnc(Cl)c12. The van der Waals surface area contributed by atoms with Gasteiger partial charge in [-0.05, 0) is 12.1 Å². The first-order valence-corrected chi connectivity index (χ1v) is 5.23. The van der Waals surface area contributed by atoms with Crippen molar-refractivity contribution in [3.63, 3.8) is 0 Å². The van der Waals surface area contributed by atoms with E-state index in [4.69, 9.17) is 23.2 Å². The van der Waals surface area contributed by atoms with Crippen LogP contribution in [-0.2, 0) is 0 Å². The summed E-state index contributed by atoms with van der Waals surface area (Å²) in [5.74, 6) is 0. The second kappa shape index (κ2) is 3.12.